The average molecular weight is 451 g/mol. The minimum atomic E-state index is -3.55. The van der Waals surface area contributed by atoms with E-state index < -0.39 is 13.7 Å². The van der Waals surface area contributed by atoms with E-state index in [2.05, 4.69) is 0 Å². The molecule has 1 atom stereocenters. The fourth-order valence-corrected chi connectivity index (χ4v) is 7.44. The summed E-state index contributed by atoms with van der Waals surface area (Å²) in [6.45, 7) is 6.73. The number of thioether (sulfide) groups is 1. The van der Waals surface area contributed by atoms with Gasteiger partial charge in [0.05, 0.1) is 24.6 Å². The third kappa shape index (κ3) is 4.36. The summed E-state index contributed by atoms with van der Waals surface area (Å²) in [6, 6.07) is 13.2. The van der Waals surface area contributed by atoms with Crippen molar-refractivity contribution in [2.24, 2.45) is 5.41 Å². The van der Waals surface area contributed by atoms with Crippen molar-refractivity contribution < 1.29 is 18.7 Å². The first-order valence-corrected chi connectivity index (χ1v) is 12.3. The summed E-state index contributed by atoms with van der Waals surface area (Å²) in [5.74, 6) is 0. The number of fused-ring (bicyclic) bond motifs is 1. The molecule has 7 heteroatoms. The minimum Gasteiger partial charge on any atom is -0.388 e. The molecule has 29 heavy (non-hydrogen) atoms. The van der Waals surface area contributed by atoms with E-state index in [1.165, 1.54) is 11.8 Å². The van der Waals surface area contributed by atoms with Gasteiger partial charge in [0.2, 0.25) is 0 Å². The fourth-order valence-electron chi connectivity index (χ4n) is 3.43. The Hall–Kier alpha value is -1.07. The molecule has 2 aromatic rings. The van der Waals surface area contributed by atoms with Crippen LogP contribution in [-0.2, 0) is 13.6 Å². The molecule has 154 valence electrons. The zero-order valence-electron chi connectivity index (χ0n) is 16.6. The van der Waals surface area contributed by atoms with E-state index in [-0.39, 0.29) is 5.41 Å². The molecule has 0 aromatic heterocycles. The van der Waals surface area contributed by atoms with Crippen LogP contribution in [0.5, 0.6) is 0 Å². The van der Waals surface area contributed by atoms with E-state index in [0.29, 0.717) is 30.0 Å². The van der Waals surface area contributed by atoms with Crippen LogP contribution in [0.3, 0.4) is 0 Å². The van der Waals surface area contributed by atoms with Crippen molar-refractivity contribution in [2.75, 3.05) is 13.2 Å². The van der Waals surface area contributed by atoms with Crippen molar-refractivity contribution in [3.63, 3.8) is 0 Å². The van der Waals surface area contributed by atoms with E-state index in [4.69, 9.17) is 20.6 Å². The van der Waals surface area contributed by atoms with Crippen molar-refractivity contribution in [3.8, 4) is 0 Å². The lowest BCUT2D eigenvalue weighted by Gasteiger charge is -2.36. The molecule has 0 bridgehead atoms. The second kappa shape index (κ2) is 7.88. The summed E-state index contributed by atoms with van der Waals surface area (Å²) in [6.07, 6.45) is -0.310. The van der Waals surface area contributed by atoms with Crippen molar-refractivity contribution in [3.05, 3.63) is 69.1 Å². The Kier molecular flexibility index (Phi) is 5.75. The van der Waals surface area contributed by atoms with Crippen molar-refractivity contribution in [1.29, 1.82) is 0 Å². The molecular formula is C22H24ClO4PS. The van der Waals surface area contributed by atoms with Crippen LogP contribution in [0.4, 0.5) is 0 Å². The van der Waals surface area contributed by atoms with E-state index >= 15 is 0 Å². The maximum Gasteiger partial charge on any atom is 0.362 e. The van der Waals surface area contributed by atoms with Gasteiger partial charge in [-0.05, 0) is 36.2 Å². The van der Waals surface area contributed by atoms with Gasteiger partial charge < -0.3 is 14.2 Å². The Bertz CT molecular complexity index is 1000. The fraction of sp³-hybridized carbons (Fsp3) is 0.364. The number of aliphatic hydroxyl groups excluding tert-OH is 1. The van der Waals surface area contributed by atoms with Gasteiger partial charge in [-0.25, -0.2) is 0 Å². The van der Waals surface area contributed by atoms with Crippen LogP contribution in [0, 0.1) is 12.3 Å². The van der Waals surface area contributed by atoms with E-state index in [1.54, 1.807) is 12.1 Å². The molecule has 2 heterocycles. The monoisotopic (exact) mass is 450 g/mol. The summed E-state index contributed by atoms with van der Waals surface area (Å²) >= 11 is 7.60. The lowest BCUT2D eigenvalue weighted by atomic mass is 9.97. The molecule has 0 radical (unpaired) electrons. The molecule has 0 saturated carbocycles. The Morgan fingerprint density at radius 3 is 2.48 bits per heavy atom. The first-order chi connectivity index (χ1) is 13.7. The van der Waals surface area contributed by atoms with E-state index in [1.807, 2.05) is 51.1 Å². The van der Waals surface area contributed by atoms with Crippen molar-refractivity contribution >= 4 is 36.3 Å². The van der Waals surface area contributed by atoms with Crippen molar-refractivity contribution in [1.82, 2.24) is 0 Å². The van der Waals surface area contributed by atoms with Crippen LogP contribution in [-0.4, -0.2) is 18.3 Å². The molecule has 1 unspecified atom stereocenters. The molecule has 0 aliphatic carbocycles. The first kappa shape index (κ1) is 21.2. The van der Waals surface area contributed by atoms with Gasteiger partial charge in [-0.15, -0.1) is 0 Å². The normalized spacial score (nSPS) is 24.7. The summed E-state index contributed by atoms with van der Waals surface area (Å²) in [5.41, 5.74) is 2.54. The molecule has 1 N–H and O–H groups in total. The third-order valence-corrected chi connectivity index (χ3v) is 8.67. The quantitative estimate of drug-likeness (QED) is 0.509. The van der Waals surface area contributed by atoms with Crippen LogP contribution in [0.15, 0.2) is 52.3 Å². The molecule has 2 aliphatic heterocycles. The SMILES string of the molecule is Cc1ccc2c(c1)C(O)C/C(=C(\c1ccc(Cl)cc1)P1(=O)OCC(C)(C)CO1)S2. The van der Waals surface area contributed by atoms with E-state index in [0.717, 1.165) is 26.5 Å². The highest BCUT2D eigenvalue weighted by atomic mass is 35.5. The lowest BCUT2D eigenvalue weighted by molar-refractivity contribution is 0.0467. The van der Waals surface area contributed by atoms with Gasteiger partial charge in [0.1, 0.15) is 0 Å². The zero-order valence-corrected chi connectivity index (χ0v) is 19.1. The van der Waals surface area contributed by atoms with Gasteiger partial charge in [-0.3, -0.25) is 4.57 Å². The Balaban J connectivity index is 1.83. The van der Waals surface area contributed by atoms with Crippen LogP contribution >= 0.6 is 31.0 Å². The third-order valence-electron chi connectivity index (χ3n) is 5.04. The number of halogens is 1. The second-order valence-corrected chi connectivity index (χ2v) is 11.9. The molecule has 4 nitrogen and oxygen atoms in total. The van der Waals surface area contributed by atoms with Gasteiger partial charge >= 0.3 is 7.60 Å². The van der Waals surface area contributed by atoms with Gasteiger partial charge in [0.25, 0.3) is 0 Å². The molecule has 4 rings (SSSR count). The number of aryl methyl sites for hydroxylation is 1. The maximum absolute atomic E-state index is 13.8. The number of rotatable bonds is 2. The highest BCUT2D eigenvalue weighted by Gasteiger charge is 2.42. The summed E-state index contributed by atoms with van der Waals surface area (Å²) in [5, 5.41) is 11.9. The number of hydrogen-bond acceptors (Lipinski definition) is 5. The molecule has 2 aromatic carbocycles. The lowest BCUT2D eigenvalue weighted by Crippen LogP contribution is -2.29. The molecule has 0 spiro atoms. The number of hydrogen-bond donors (Lipinski definition) is 1. The summed E-state index contributed by atoms with van der Waals surface area (Å²) in [7, 11) is -3.55. The molecule has 1 saturated heterocycles. The highest BCUT2D eigenvalue weighted by molar-refractivity contribution is 8.03. The zero-order chi connectivity index (χ0) is 20.8. The van der Waals surface area contributed by atoms with Crippen LogP contribution in [0.1, 0.15) is 43.1 Å². The Morgan fingerprint density at radius 1 is 1.17 bits per heavy atom. The predicted molar refractivity (Wildman–Crippen MR) is 118 cm³/mol. The molecule has 1 fully saturated rings. The number of benzene rings is 2. The smallest absolute Gasteiger partial charge is 0.362 e. The first-order valence-electron chi connectivity index (χ1n) is 9.52. The van der Waals surface area contributed by atoms with Gasteiger partial charge in [0, 0.05) is 26.7 Å². The Morgan fingerprint density at radius 2 is 1.83 bits per heavy atom. The van der Waals surface area contributed by atoms with Gasteiger partial charge in [0.15, 0.2) is 0 Å². The standard InChI is InChI=1S/C22H24ClO4PS/c1-14-4-9-19-17(10-14)18(24)11-20(29-19)21(15-5-7-16(23)8-6-15)28(25)26-12-22(2,3)13-27-28/h4-10,18,24H,11-13H2,1-3H3/b21-20-. The molecule has 2 aliphatic rings. The summed E-state index contributed by atoms with van der Waals surface area (Å²) < 4.78 is 25.6. The average Bonchev–Trinajstić information content (AvgIpc) is 2.67. The molecule has 0 amide bonds. The van der Waals surface area contributed by atoms with Crippen LogP contribution < -0.4 is 0 Å². The number of aliphatic hydroxyl groups is 1. The largest absolute Gasteiger partial charge is 0.388 e. The second-order valence-electron chi connectivity index (χ2n) is 8.35. The topological polar surface area (TPSA) is 55.8 Å². The van der Waals surface area contributed by atoms with Crippen molar-refractivity contribution in [2.45, 2.75) is 38.2 Å². The van der Waals surface area contributed by atoms with Gasteiger partial charge in [-0.1, -0.05) is 67.0 Å². The van der Waals surface area contributed by atoms with Crippen LogP contribution in [0.25, 0.3) is 5.31 Å². The van der Waals surface area contributed by atoms with E-state index in [9.17, 15) is 9.67 Å². The summed E-state index contributed by atoms with van der Waals surface area (Å²) in [4.78, 5) is 1.76. The predicted octanol–water partition coefficient (Wildman–Crippen LogP) is 6.81. The Labute approximate surface area is 180 Å². The van der Waals surface area contributed by atoms with Crippen LogP contribution in [0.2, 0.25) is 5.02 Å². The highest BCUT2D eigenvalue weighted by Crippen LogP contribution is 2.67. The van der Waals surface area contributed by atoms with Gasteiger partial charge in [-0.2, -0.15) is 0 Å². The molecular weight excluding hydrogens is 427 g/mol. The maximum atomic E-state index is 13.8. The minimum absolute atomic E-state index is 0.201.